The Bertz CT molecular complexity index is 1010. The molecule has 1 atom stereocenters. The molecule has 0 spiro atoms. The van der Waals surface area contributed by atoms with Crippen LogP contribution in [0.3, 0.4) is 0 Å². The molecule has 1 unspecified atom stereocenters. The Labute approximate surface area is 155 Å². The first-order chi connectivity index (χ1) is 12.6. The molecule has 1 fully saturated rings. The minimum Gasteiger partial charge on any atom is -0.497 e. The van der Waals surface area contributed by atoms with Crippen LogP contribution in [0.15, 0.2) is 54.7 Å². The summed E-state index contributed by atoms with van der Waals surface area (Å²) >= 11 is 1.08. The summed E-state index contributed by atoms with van der Waals surface area (Å²) in [5.74, 6) is 0.650. The highest BCUT2D eigenvalue weighted by atomic mass is 32.2. The molecule has 132 valence electrons. The summed E-state index contributed by atoms with van der Waals surface area (Å²) in [4.78, 5) is 25.6. The van der Waals surface area contributed by atoms with Gasteiger partial charge in [0.15, 0.2) is 0 Å². The van der Waals surface area contributed by atoms with E-state index in [1.807, 2.05) is 54.7 Å². The first-order valence-corrected chi connectivity index (χ1v) is 9.15. The smallest absolute Gasteiger partial charge is 0.289 e. The number of rotatable bonds is 4. The predicted octanol–water partition coefficient (Wildman–Crippen LogP) is 4.06. The number of methoxy groups -OCH3 is 1. The normalized spacial score (nSPS) is 17.3. The van der Waals surface area contributed by atoms with E-state index in [0.29, 0.717) is 6.54 Å². The van der Waals surface area contributed by atoms with E-state index in [-0.39, 0.29) is 11.1 Å². The van der Waals surface area contributed by atoms with Gasteiger partial charge in [0.05, 0.1) is 7.11 Å². The molecule has 3 aromatic rings. The van der Waals surface area contributed by atoms with Gasteiger partial charge in [-0.3, -0.25) is 14.5 Å². The predicted molar refractivity (Wildman–Crippen MR) is 103 cm³/mol. The van der Waals surface area contributed by atoms with Gasteiger partial charge in [0.2, 0.25) is 5.91 Å². The first-order valence-electron chi connectivity index (χ1n) is 8.27. The maximum Gasteiger partial charge on any atom is 0.289 e. The van der Waals surface area contributed by atoms with Crippen molar-refractivity contribution in [3.63, 3.8) is 0 Å². The van der Waals surface area contributed by atoms with Gasteiger partial charge in [-0.2, -0.15) is 0 Å². The number of amides is 2. The summed E-state index contributed by atoms with van der Waals surface area (Å²) in [5, 5.41) is 0.318. The van der Waals surface area contributed by atoms with E-state index in [1.165, 1.54) is 11.9 Å². The maximum absolute atomic E-state index is 12.5. The molecule has 2 aromatic carbocycles. The second kappa shape index (κ2) is 6.53. The maximum atomic E-state index is 12.5. The van der Waals surface area contributed by atoms with Crippen molar-refractivity contribution in [1.29, 1.82) is 0 Å². The molecule has 0 saturated carbocycles. The van der Waals surface area contributed by atoms with Crippen molar-refractivity contribution in [2.24, 2.45) is 0 Å². The number of hydrogen-bond acceptors (Lipinski definition) is 4. The van der Waals surface area contributed by atoms with Crippen molar-refractivity contribution in [1.82, 2.24) is 9.47 Å². The lowest BCUT2D eigenvalue weighted by atomic mass is 10.1. The Kier molecular flexibility index (Phi) is 4.20. The summed E-state index contributed by atoms with van der Waals surface area (Å²) in [6.45, 7) is 0.660. The average molecular weight is 366 g/mol. The molecule has 0 bridgehead atoms. The van der Waals surface area contributed by atoms with Crippen LogP contribution >= 0.6 is 11.8 Å². The van der Waals surface area contributed by atoms with Crippen molar-refractivity contribution in [3.8, 4) is 5.75 Å². The van der Waals surface area contributed by atoms with E-state index in [4.69, 9.17) is 4.74 Å². The standard InChI is InChI=1S/C20H18N2O3S/c1-21-19(23)18(26-20(21)24)16-12-22(17-9-4-3-8-15(16)17)11-13-6-5-7-14(10-13)25-2/h3-10,12,18H,11H2,1-2H3. The second-order valence-electron chi connectivity index (χ2n) is 6.24. The summed E-state index contributed by atoms with van der Waals surface area (Å²) in [7, 11) is 3.19. The molecule has 26 heavy (non-hydrogen) atoms. The number of aromatic nitrogens is 1. The number of carbonyl (C=O) groups excluding carboxylic acids is 2. The van der Waals surface area contributed by atoms with Gasteiger partial charge in [-0.1, -0.05) is 30.3 Å². The highest BCUT2D eigenvalue weighted by Gasteiger charge is 2.39. The molecule has 2 amide bonds. The summed E-state index contributed by atoms with van der Waals surface area (Å²) in [5.41, 5.74) is 3.03. The van der Waals surface area contributed by atoms with Crippen LogP contribution in [0.4, 0.5) is 4.79 Å². The molecule has 4 rings (SSSR count). The van der Waals surface area contributed by atoms with E-state index in [9.17, 15) is 9.59 Å². The minimum atomic E-state index is -0.482. The zero-order valence-electron chi connectivity index (χ0n) is 14.5. The third-order valence-electron chi connectivity index (χ3n) is 4.64. The van der Waals surface area contributed by atoms with Gasteiger partial charge in [0, 0.05) is 36.3 Å². The van der Waals surface area contributed by atoms with Crippen LogP contribution in [0, 0.1) is 0 Å². The second-order valence-corrected chi connectivity index (χ2v) is 7.30. The van der Waals surface area contributed by atoms with Crippen molar-refractivity contribution >= 4 is 33.8 Å². The number of imide groups is 1. The molecule has 2 heterocycles. The van der Waals surface area contributed by atoms with E-state index in [0.717, 1.165) is 39.5 Å². The molecular formula is C20H18N2O3S. The summed E-state index contributed by atoms with van der Waals surface area (Å²) < 4.78 is 7.43. The molecule has 0 aliphatic carbocycles. The molecule has 6 heteroatoms. The van der Waals surface area contributed by atoms with Crippen molar-refractivity contribution in [2.45, 2.75) is 11.8 Å². The van der Waals surface area contributed by atoms with Crippen LogP contribution in [0.25, 0.3) is 10.9 Å². The highest BCUT2D eigenvalue weighted by molar-refractivity contribution is 8.15. The fraction of sp³-hybridized carbons (Fsp3) is 0.200. The van der Waals surface area contributed by atoms with Gasteiger partial charge in [0.25, 0.3) is 5.24 Å². The first kappa shape index (κ1) is 16.7. The molecule has 0 N–H and O–H groups in total. The Morgan fingerprint density at radius 1 is 1.12 bits per heavy atom. The van der Waals surface area contributed by atoms with Crippen LogP contribution in [-0.4, -0.2) is 34.8 Å². The molecule has 0 radical (unpaired) electrons. The molecular weight excluding hydrogens is 348 g/mol. The van der Waals surface area contributed by atoms with Crippen LogP contribution in [-0.2, 0) is 11.3 Å². The minimum absolute atomic E-state index is 0.163. The van der Waals surface area contributed by atoms with E-state index in [1.54, 1.807) is 7.11 Å². The Balaban J connectivity index is 1.77. The molecule has 5 nitrogen and oxygen atoms in total. The van der Waals surface area contributed by atoms with Crippen molar-refractivity contribution in [2.75, 3.05) is 14.2 Å². The number of fused-ring (bicyclic) bond motifs is 1. The monoisotopic (exact) mass is 366 g/mol. The zero-order chi connectivity index (χ0) is 18.3. The SMILES string of the molecule is COc1cccc(Cn2cc(C3SC(=O)N(C)C3=O)c3ccccc32)c1. The van der Waals surface area contributed by atoms with Crippen molar-refractivity contribution < 1.29 is 14.3 Å². The van der Waals surface area contributed by atoms with Gasteiger partial charge >= 0.3 is 0 Å². The van der Waals surface area contributed by atoms with Crippen LogP contribution in [0.5, 0.6) is 5.75 Å². The third-order valence-corrected chi connectivity index (χ3v) is 5.80. The Hall–Kier alpha value is -2.73. The Morgan fingerprint density at radius 3 is 2.65 bits per heavy atom. The zero-order valence-corrected chi connectivity index (χ0v) is 15.3. The van der Waals surface area contributed by atoms with Crippen LogP contribution < -0.4 is 4.74 Å². The third kappa shape index (κ3) is 2.76. The molecule has 1 aliphatic heterocycles. The fourth-order valence-corrected chi connectivity index (χ4v) is 4.30. The van der Waals surface area contributed by atoms with Gasteiger partial charge in [-0.25, -0.2) is 0 Å². The van der Waals surface area contributed by atoms with Gasteiger partial charge in [-0.05, 0) is 35.5 Å². The molecule has 1 aliphatic rings. The van der Waals surface area contributed by atoms with Crippen molar-refractivity contribution in [3.05, 3.63) is 65.9 Å². The van der Waals surface area contributed by atoms with E-state index >= 15 is 0 Å². The van der Waals surface area contributed by atoms with E-state index in [2.05, 4.69) is 4.57 Å². The van der Waals surface area contributed by atoms with Gasteiger partial charge < -0.3 is 9.30 Å². The number of likely N-dealkylation sites (N-methyl/N-ethyl adjacent to an activating group) is 1. The average Bonchev–Trinajstić information content (AvgIpc) is 3.14. The lowest BCUT2D eigenvalue weighted by Gasteiger charge is -2.07. The topological polar surface area (TPSA) is 51.5 Å². The number of para-hydroxylation sites is 1. The number of ether oxygens (including phenoxy) is 1. The lowest BCUT2D eigenvalue weighted by Crippen LogP contribution is -2.24. The fourth-order valence-electron chi connectivity index (χ4n) is 3.28. The van der Waals surface area contributed by atoms with Crippen LogP contribution in [0.1, 0.15) is 16.4 Å². The number of thioether (sulfide) groups is 1. The quantitative estimate of drug-likeness (QED) is 0.699. The molecule has 1 saturated heterocycles. The van der Waals surface area contributed by atoms with E-state index < -0.39 is 5.25 Å². The number of hydrogen-bond donors (Lipinski definition) is 0. The number of nitrogens with zero attached hydrogens (tertiary/aromatic N) is 2. The Morgan fingerprint density at radius 2 is 1.92 bits per heavy atom. The summed E-state index contributed by atoms with van der Waals surface area (Å²) in [6.07, 6.45) is 1.99. The number of carbonyl (C=O) groups is 2. The largest absolute Gasteiger partial charge is 0.497 e. The van der Waals surface area contributed by atoms with Crippen LogP contribution in [0.2, 0.25) is 0 Å². The van der Waals surface area contributed by atoms with Gasteiger partial charge in [0.1, 0.15) is 11.0 Å². The lowest BCUT2D eigenvalue weighted by molar-refractivity contribution is -0.125. The summed E-state index contributed by atoms with van der Waals surface area (Å²) in [6, 6.07) is 15.9. The highest BCUT2D eigenvalue weighted by Crippen LogP contribution is 2.42. The molecule has 1 aromatic heterocycles. The number of benzene rings is 2. The van der Waals surface area contributed by atoms with Gasteiger partial charge in [-0.15, -0.1) is 0 Å².